The lowest BCUT2D eigenvalue weighted by molar-refractivity contribution is -0.138. The van der Waals surface area contributed by atoms with E-state index in [0.717, 1.165) is 6.08 Å². The third kappa shape index (κ3) is 4.81. The van der Waals surface area contributed by atoms with Crippen LogP contribution < -0.4 is 10.6 Å². The largest absolute Gasteiger partial charge is 0.466 e. The van der Waals surface area contributed by atoms with Gasteiger partial charge in [-0.25, -0.2) is 9.59 Å². The molecule has 9 nitrogen and oxygen atoms in total. The molecule has 0 aliphatic carbocycles. The van der Waals surface area contributed by atoms with Crippen LogP contribution in [0.5, 0.6) is 0 Å². The first-order valence-electron chi connectivity index (χ1n) is 8.54. The predicted octanol–water partition coefficient (Wildman–Crippen LogP) is 2.70. The average molecular weight is 410 g/mol. The van der Waals surface area contributed by atoms with Gasteiger partial charge in [0.1, 0.15) is 5.70 Å². The number of aromatic nitrogens is 1. The molecule has 1 aromatic heterocycles. The fraction of sp³-hybridized carbons (Fsp3) is 0.333. The topological polar surface area (TPSA) is 116 Å². The minimum Gasteiger partial charge on any atom is -0.466 e. The maximum atomic E-state index is 13.2. The van der Waals surface area contributed by atoms with E-state index in [-0.39, 0.29) is 18.9 Å². The molecule has 0 bridgehead atoms. The maximum Gasteiger partial charge on any atom is 0.361 e. The van der Waals surface area contributed by atoms with Crippen LogP contribution in [0.2, 0.25) is 0 Å². The number of nitrogens with one attached hydrogen (secondary N) is 2. The Morgan fingerprint density at radius 2 is 1.82 bits per heavy atom. The van der Waals surface area contributed by atoms with Gasteiger partial charge < -0.3 is 28.8 Å². The molecule has 0 unspecified atom stereocenters. The lowest BCUT2D eigenvalue weighted by atomic mass is 10.2. The number of ether oxygens (including phenoxy) is 2. The number of carbonyl (C=O) groups is 2. The van der Waals surface area contributed by atoms with E-state index in [4.69, 9.17) is 13.8 Å². The van der Waals surface area contributed by atoms with Gasteiger partial charge >= 0.3 is 19.5 Å². The summed E-state index contributed by atoms with van der Waals surface area (Å²) in [6.45, 7) is 3.82. The molecule has 28 heavy (non-hydrogen) atoms. The Labute approximate surface area is 162 Å². The van der Waals surface area contributed by atoms with Crippen LogP contribution in [0.15, 0.2) is 36.2 Å². The molecule has 2 rings (SSSR count). The monoisotopic (exact) mass is 410 g/mol. The Morgan fingerprint density at radius 3 is 2.39 bits per heavy atom. The first-order valence-corrected chi connectivity index (χ1v) is 10.1. The van der Waals surface area contributed by atoms with Gasteiger partial charge in [0.25, 0.3) is 0 Å². The SMILES string of the molecule is CCOP(=O)(OCC)c1cc(N/C(=C/C(=O)OC)C(=O)OC)c2cc[nH]c2c1. The summed E-state index contributed by atoms with van der Waals surface area (Å²) < 4.78 is 33.3. The number of benzene rings is 1. The third-order valence-corrected chi connectivity index (χ3v) is 5.79. The summed E-state index contributed by atoms with van der Waals surface area (Å²) in [6, 6.07) is 4.98. The van der Waals surface area contributed by atoms with Crippen molar-refractivity contribution in [2.24, 2.45) is 0 Å². The van der Waals surface area contributed by atoms with Crippen molar-refractivity contribution in [1.82, 2.24) is 4.98 Å². The molecule has 0 saturated carbocycles. The van der Waals surface area contributed by atoms with Crippen molar-refractivity contribution in [2.75, 3.05) is 32.8 Å². The average Bonchev–Trinajstić information content (AvgIpc) is 3.16. The van der Waals surface area contributed by atoms with Crippen molar-refractivity contribution in [3.8, 4) is 0 Å². The number of aromatic amines is 1. The normalized spacial score (nSPS) is 12.1. The second kappa shape index (κ2) is 9.54. The number of rotatable bonds is 9. The Morgan fingerprint density at radius 1 is 1.14 bits per heavy atom. The summed E-state index contributed by atoms with van der Waals surface area (Å²) in [6.07, 6.45) is 2.66. The minimum absolute atomic E-state index is 0.142. The van der Waals surface area contributed by atoms with Gasteiger partial charge in [0.05, 0.1) is 38.8 Å². The molecule has 0 spiro atoms. The summed E-state index contributed by atoms with van der Waals surface area (Å²) >= 11 is 0. The number of carbonyl (C=O) groups excluding carboxylic acids is 2. The number of hydrogen-bond donors (Lipinski definition) is 2. The van der Waals surface area contributed by atoms with Crippen molar-refractivity contribution >= 4 is 41.4 Å². The van der Waals surface area contributed by atoms with Gasteiger partial charge in [-0.1, -0.05) is 0 Å². The molecule has 2 aromatic rings. The smallest absolute Gasteiger partial charge is 0.361 e. The van der Waals surface area contributed by atoms with E-state index in [0.29, 0.717) is 21.9 Å². The highest BCUT2D eigenvalue weighted by molar-refractivity contribution is 7.62. The number of anilines is 1. The Kier molecular flexibility index (Phi) is 7.39. The summed E-state index contributed by atoms with van der Waals surface area (Å²) in [5, 5.41) is 3.85. The molecule has 2 N–H and O–H groups in total. The van der Waals surface area contributed by atoms with Crippen molar-refractivity contribution in [3.63, 3.8) is 0 Å². The van der Waals surface area contributed by atoms with Crippen LogP contribution in [0.25, 0.3) is 10.9 Å². The van der Waals surface area contributed by atoms with Crippen molar-refractivity contribution in [1.29, 1.82) is 0 Å². The zero-order chi connectivity index (χ0) is 20.7. The highest BCUT2D eigenvalue weighted by Crippen LogP contribution is 2.48. The van der Waals surface area contributed by atoms with E-state index < -0.39 is 19.5 Å². The second-order valence-corrected chi connectivity index (χ2v) is 7.49. The zero-order valence-electron chi connectivity index (χ0n) is 16.1. The highest BCUT2D eigenvalue weighted by Gasteiger charge is 2.28. The van der Waals surface area contributed by atoms with Gasteiger partial charge in [-0.15, -0.1) is 0 Å². The fourth-order valence-electron chi connectivity index (χ4n) is 2.52. The molecule has 1 aromatic carbocycles. The van der Waals surface area contributed by atoms with Crippen LogP contribution in [0.4, 0.5) is 5.69 Å². The van der Waals surface area contributed by atoms with Gasteiger partial charge in [0.15, 0.2) is 0 Å². The third-order valence-electron chi connectivity index (χ3n) is 3.71. The summed E-state index contributed by atoms with van der Waals surface area (Å²) in [4.78, 5) is 26.7. The molecule has 0 fully saturated rings. The van der Waals surface area contributed by atoms with Crippen molar-refractivity contribution < 1.29 is 32.7 Å². The van der Waals surface area contributed by atoms with E-state index >= 15 is 0 Å². The Hall–Kier alpha value is -2.61. The van der Waals surface area contributed by atoms with Crippen LogP contribution in [0, 0.1) is 0 Å². The van der Waals surface area contributed by atoms with E-state index in [1.165, 1.54) is 14.2 Å². The molecule has 152 valence electrons. The molecule has 0 atom stereocenters. The number of fused-ring (bicyclic) bond motifs is 1. The van der Waals surface area contributed by atoms with Crippen LogP contribution in [0.1, 0.15) is 13.8 Å². The molecule has 0 aliphatic rings. The van der Waals surface area contributed by atoms with Crippen molar-refractivity contribution in [2.45, 2.75) is 13.8 Å². The van der Waals surface area contributed by atoms with E-state index in [2.05, 4.69) is 15.0 Å². The minimum atomic E-state index is -3.57. The van der Waals surface area contributed by atoms with Crippen LogP contribution in [-0.4, -0.2) is 44.4 Å². The van der Waals surface area contributed by atoms with Gasteiger partial charge in [-0.2, -0.15) is 0 Å². The maximum absolute atomic E-state index is 13.2. The van der Waals surface area contributed by atoms with Gasteiger partial charge in [-0.3, -0.25) is 4.57 Å². The Bertz CT molecular complexity index is 925. The van der Waals surface area contributed by atoms with E-state index in [1.54, 1.807) is 38.2 Å². The van der Waals surface area contributed by atoms with Gasteiger partial charge in [0, 0.05) is 22.8 Å². The van der Waals surface area contributed by atoms with E-state index in [1.807, 2.05) is 0 Å². The summed E-state index contributed by atoms with van der Waals surface area (Å²) in [5.41, 5.74) is 0.910. The number of H-pyrrole nitrogens is 1. The standard InChI is InChI=1S/C18H23N2O7P/c1-5-26-28(23,27-6-2)12-9-14-13(7-8-19-14)15(10-12)20-16(18(22)25-4)11-17(21)24-3/h7-11,19-20H,5-6H2,1-4H3/b16-11+. The summed E-state index contributed by atoms with van der Waals surface area (Å²) in [7, 11) is -1.19. The van der Waals surface area contributed by atoms with E-state index in [9.17, 15) is 14.2 Å². The second-order valence-electron chi connectivity index (χ2n) is 5.46. The first-order chi connectivity index (χ1) is 13.4. The first kappa shape index (κ1) is 21.7. The molecule has 1 heterocycles. The fourth-order valence-corrected chi connectivity index (χ4v) is 4.14. The molecular formula is C18H23N2O7P. The van der Waals surface area contributed by atoms with Crippen LogP contribution >= 0.6 is 7.60 Å². The molecule has 0 amide bonds. The highest BCUT2D eigenvalue weighted by atomic mass is 31.2. The van der Waals surface area contributed by atoms with Crippen LogP contribution in [-0.2, 0) is 32.7 Å². The number of hydrogen-bond acceptors (Lipinski definition) is 8. The molecule has 0 radical (unpaired) electrons. The molecule has 10 heteroatoms. The number of methoxy groups -OCH3 is 2. The molecular weight excluding hydrogens is 387 g/mol. The quantitative estimate of drug-likeness (QED) is 0.368. The Balaban J connectivity index is 2.58. The lowest BCUT2D eigenvalue weighted by Gasteiger charge is -2.19. The molecule has 0 aliphatic heterocycles. The van der Waals surface area contributed by atoms with Gasteiger partial charge in [0.2, 0.25) is 0 Å². The van der Waals surface area contributed by atoms with Crippen LogP contribution in [0.3, 0.4) is 0 Å². The zero-order valence-corrected chi connectivity index (χ0v) is 17.0. The predicted molar refractivity (Wildman–Crippen MR) is 105 cm³/mol. The molecule has 0 saturated heterocycles. The number of esters is 2. The lowest BCUT2D eigenvalue weighted by Crippen LogP contribution is -2.17. The summed E-state index contributed by atoms with van der Waals surface area (Å²) in [5.74, 6) is -1.50. The van der Waals surface area contributed by atoms with Gasteiger partial charge in [-0.05, 0) is 32.0 Å². The van der Waals surface area contributed by atoms with Crippen molar-refractivity contribution in [3.05, 3.63) is 36.2 Å².